The summed E-state index contributed by atoms with van der Waals surface area (Å²) in [6, 6.07) is 12.4. The van der Waals surface area contributed by atoms with Crippen LogP contribution in [0.25, 0.3) is 22.2 Å². The number of nitrogens with one attached hydrogen (secondary N) is 2. The lowest BCUT2D eigenvalue weighted by molar-refractivity contribution is -0.111. The fraction of sp³-hybridized carbons (Fsp3) is 0.192. The van der Waals surface area contributed by atoms with Crippen LogP contribution in [0.1, 0.15) is 5.69 Å². The van der Waals surface area contributed by atoms with Crippen LogP contribution in [0.4, 0.5) is 11.8 Å². The van der Waals surface area contributed by atoms with Crippen molar-refractivity contribution in [3.63, 3.8) is 0 Å². The molecule has 0 bridgehead atoms. The van der Waals surface area contributed by atoms with E-state index < -0.39 is 0 Å². The highest BCUT2D eigenvalue weighted by molar-refractivity contribution is 5.98. The molecule has 10 nitrogen and oxygen atoms in total. The zero-order valence-corrected chi connectivity index (χ0v) is 20.2. The van der Waals surface area contributed by atoms with E-state index in [0.29, 0.717) is 64.1 Å². The van der Waals surface area contributed by atoms with Crippen LogP contribution in [0, 0.1) is 0 Å². The Labute approximate surface area is 207 Å². The van der Waals surface area contributed by atoms with Gasteiger partial charge in [-0.1, -0.05) is 12.6 Å². The number of nitrogens with zero attached hydrogens (tertiary/aromatic N) is 4. The maximum Gasteiger partial charge on any atom is 0.260 e. The lowest BCUT2D eigenvalue weighted by Crippen LogP contribution is -2.24. The van der Waals surface area contributed by atoms with Crippen molar-refractivity contribution in [2.75, 3.05) is 31.9 Å². The Balaban J connectivity index is 1.80. The number of anilines is 2. The zero-order valence-electron chi connectivity index (χ0n) is 20.2. The van der Waals surface area contributed by atoms with Crippen molar-refractivity contribution in [3.8, 4) is 22.6 Å². The van der Waals surface area contributed by atoms with Gasteiger partial charge in [-0.25, -0.2) is 9.97 Å². The molecule has 4 aromatic rings. The summed E-state index contributed by atoms with van der Waals surface area (Å²) in [7, 11) is 4.83. The molecule has 184 valence electrons. The minimum absolute atomic E-state index is 0.227. The fourth-order valence-corrected chi connectivity index (χ4v) is 3.75. The van der Waals surface area contributed by atoms with E-state index in [1.54, 1.807) is 68.4 Å². The summed E-state index contributed by atoms with van der Waals surface area (Å²) in [6.07, 6.45) is 3.28. The largest absolute Gasteiger partial charge is 0.497 e. The number of benzene rings is 1. The number of aromatic nitrogens is 4. The third kappa shape index (κ3) is 5.17. The fourth-order valence-electron chi connectivity index (χ4n) is 3.75. The second-order valence-electron chi connectivity index (χ2n) is 7.80. The number of carbonyl (C=O) groups is 1. The highest BCUT2D eigenvalue weighted by Gasteiger charge is 2.15. The molecule has 0 aliphatic rings. The van der Waals surface area contributed by atoms with Crippen LogP contribution in [0.5, 0.6) is 11.5 Å². The van der Waals surface area contributed by atoms with Crippen LogP contribution in [0.3, 0.4) is 0 Å². The normalized spacial score (nSPS) is 10.6. The molecule has 0 atom stereocenters. The second-order valence-corrected chi connectivity index (χ2v) is 7.80. The Morgan fingerprint density at radius 1 is 1.11 bits per heavy atom. The van der Waals surface area contributed by atoms with E-state index in [1.807, 2.05) is 6.07 Å². The molecule has 3 heterocycles. The molecule has 0 unspecified atom stereocenters. The van der Waals surface area contributed by atoms with Crippen LogP contribution < -0.4 is 25.7 Å². The minimum Gasteiger partial charge on any atom is -0.497 e. The maximum atomic E-state index is 13.8. The molecule has 10 heteroatoms. The number of ether oxygens (including phenoxy) is 2. The summed E-state index contributed by atoms with van der Waals surface area (Å²) in [4.78, 5) is 38.7. The zero-order chi connectivity index (χ0) is 25.7. The number of fused-ring (bicyclic) bond motifs is 1. The molecule has 0 radical (unpaired) electrons. The van der Waals surface area contributed by atoms with Crippen molar-refractivity contribution in [2.45, 2.75) is 13.0 Å². The first kappa shape index (κ1) is 24.4. The molecule has 0 fully saturated rings. The quantitative estimate of drug-likeness (QED) is 0.346. The molecule has 2 N–H and O–H groups in total. The third-order valence-electron chi connectivity index (χ3n) is 5.55. The predicted octanol–water partition coefficient (Wildman–Crippen LogP) is 3.28. The van der Waals surface area contributed by atoms with Gasteiger partial charge in [-0.05, 0) is 42.0 Å². The molecule has 1 amide bonds. The molecule has 4 rings (SSSR count). The van der Waals surface area contributed by atoms with Crippen LogP contribution in [0.2, 0.25) is 0 Å². The monoisotopic (exact) mass is 486 g/mol. The molecular formula is C26H26N6O4. The standard InChI is InChI=1S/C26H26N6O4/c1-5-23(33)30-22-8-6-7-18(29-22)9-10-32-24-17(15-28-26(27-2)31-24)13-21(25(32)34)16-11-19(35-3)14-20(12-16)36-4/h5-8,11-15H,1,9-10H2,2-4H3,(H,27,28,31)(H,29,30,33). The molecule has 1 aromatic carbocycles. The number of methoxy groups -OCH3 is 2. The Hall–Kier alpha value is -4.73. The summed E-state index contributed by atoms with van der Waals surface area (Å²) < 4.78 is 12.4. The van der Waals surface area contributed by atoms with Gasteiger partial charge in [-0.2, -0.15) is 4.98 Å². The molecular weight excluding hydrogens is 460 g/mol. The topological polar surface area (TPSA) is 120 Å². The van der Waals surface area contributed by atoms with Crippen molar-refractivity contribution in [1.29, 1.82) is 0 Å². The highest BCUT2D eigenvalue weighted by Crippen LogP contribution is 2.29. The number of amides is 1. The van der Waals surface area contributed by atoms with E-state index in [9.17, 15) is 9.59 Å². The highest BCUT2D eigenvalue weighted by atomic mass is 16.5. The lowest BCUT2D eigenvalue weighted by atomic mass is 10.0. The molecule has 0 spiro atoms. The summed E-state index contributed by atoms with van der Waals surface area (Å²) >= 11 is 0. The Morgan fingerprint density at radius 2 is 1.86 bits per heavy atom. The van der Waals surface area contributed by atoms with Crippen molar-refractivity contribution in [3.05, 3.63) is 77.4 Å². The summed E-state index contributed by atoms with van der Waals surface area (Å²) in [5, 5.41) is 6.26. The van der Waals surface area contributed by atoms with E-state index in [2.05, 4.69) is 32.2 Å². The number of carbonyl (C=O) groups excluding carboxylic acids is 1. The number of hydrogen-bond donors (Lipinski definition) is 2. The molecule has 3 aromatic heterocycles. The predicted molar refractivity (Wildman–Crippen MR) is 139 cm³/mol. The van der Waals surface area contributed by atoms with Crippen molar-refractivity contribution < 1.29 is 14.3 Å². The third-order valence-corrected chi connectivity index (χ3v) is 5.55. The van der Waals surface area contributed by atoms with Gasteiger partial charge < -0.3 is 20.1 Å². The lowest BCUT2D eigenvalue weighted by Gasteiger charge is -2.14. The van der Waals surface area contributed by atoms with Gasteiger partial charge in [-0.15, -0.1) is 0 Å². The van der Waals surface area contributed by atoms with Gasteiger partial charge >= 0.3 is 0 Å². The van der Waals surface area contributed by atoms with Crippen LogP contribution in [-0.4, -0.2) is 46.7 Å². The first-order chi connectivity index (χ1) is 17.4. The van der Waals surface area contributed by atoms with Gasteiger partial charge in [0.2, 0.25) is 11.9 Å². The van der Waals surface area contributed by atoms with E-state index in [1.165, 1.54) is 6.08 Å². The Bertz CT molecular complexity index is 1480. The average Bonchev–Trinajstić information content (AvgIpc) is 2.91. The minimum atomic E-state index is -0.348. The van der Waals surface area contributed by atoms with E-state index >= 15 is 0 Å². The average molecular weight is 487 g/mol. The van der Waals surface area contributed by atoms with Crippen molar-refractivity contribution in [2.24, 2.45) is 0 Å². The van der Waals surface area contributed by atoms with Crippen LogP contribution >= 0.6 is 0 Å². The van der Waals surface area contributed by atoms with Gasteiger partial charge in [0.05, 0.1) is 14.2 Å². The SMILES string of the molecule is C=CC(=O)Nc1cccc(CCn2c(=O)c(-c3cc(OC)cc(OC)c3)cc3cnc(NC)nc32)n1. The molecule has 0 saturated heterocycles. The van der Waals surface area contributed by atoms with Gasteiger partial charge in [0.1, 0.15) is 23.0 Å². The van der Waals surface area contributed by atoms with Crippen molar-refractivity contribution in [1.82, 2.24) is 19.5 Å². The Kier molecular flexibility index (Phi) is 7.24. The molecule has 0 saturated carbocycles. The van der Waals surface area contributed by atoms with Gasteiger partial charge in [0, 0.05) is 48.9 Å². The summed E-state index contributed by atoms with van der Waals surface area (Å²) in [5.41, 5.74) is 2.08. The molecule has 0 aliphatic carbocycles. The summed E-state index contributed by atoms with van der Waals surface area (Å²) in [6.45, 7) is 3.75. The smallest absolute Gasteiger partial charge is 0.260 e. The Morgan fingerprint density at radius 3 is 2.53 bits per heavy atom. The van der Waals surface area contributed by atoms with Gasteiger partial charge in [-0.3, -0.25) is 14.2 Å². The number of rotatable bonds is 9. The van der Waals surface area contributed by atoms with E-state index in [-0.39, 0.29) is 11.5 Å². The first-order valence-electron chi connectivity index (χ1n) is 11.2. The van der Waals surface area contributed by atoms with Crippen LogP contribution in [-0.2, 0) is 17.8 Å². The molecule has 36 heavy (non-hydrogen) atoms. The number of aryl methyl sites for hydroxylation is 2. The van der Waals surface area contributed by atoms with E-state index in [4.69, 9.17) is 9.47 Å². The second kappa shape index (κ2) is 10.7. The van der Waals surface area contributed by atoms with Gasteiger partial charge in [0.15, 0.2) is 0 Å². The van der Waals surface area contributed by atoms with E-state index in [0.717, 1.165) is 0 Å². The van der Waals surface area contributed by atoms with Gasteiger partial charge in [0.25, 0.3) is 5.56 Å². The van der Waals surface area contributed by atoms with Crippen molar-refractivity contribution >= 4 is 28.7 Å². The molecule has 0 aliphatic heterocycles. The maximum absolute atomic E-state index is 13.8. The first-order valence-corrected chi connectivity index (χ1v) is 11.2. The summed E-state index contributed by atoms with van der Waals surface area (Å²) in [5.74, 6) is 1.60. The number of hydrogen-bond acceptors (Lipinski definition) is 8. The number of pyridine rings is 2. The van der Waals surface area contributed by atoms with Crippen LogP contribution in [0.15, 0.2) is 66.1 Å².